The zero-order chi connectivity index (χ0) is 15.1. The maximum absolute atomic E-state index is 12.6. The van der Waals surface area contributed by atoms with Crippen LogP contribution >= 0.6 is 0 Å². The normalized spacial score (nSPS) is 29.6. The molecule has 0 aromatic rings. The number of piperidine rings is 1. The third-order valence-electron chi connectivity index (χ3n) is 4.48. The van der Waals surface area contributed by atoms with E-state index in [1.54, 1.807) is 7.05 Å². The molecule has 6 nitrogen and oxygen atoms in total. The average Bonchev–Trinajstić information content (AvgIpc) is 2.66. The molecule has 0 aromatic carbocycles. The fourth-order valence-electron chi connectivity index (χ4n) is 3.36. The molecule has 2 aliphatic heterocycles. The summed E-state index contributed by atoms with van der Waals surface area (Å²) in [5, 5.41) is 9.47. The summed E-state index contributed by atoms with van der Waals surface area (Å²) in [6.45, 7) is 4.63. The van der Waals surface area contributed by atoms with Crippen molar-refractivity contribution in [1.82, 2.24) is 9.80 Å². The highest BCUT2D eigenvalue weighted by Crippen LogP contribution is 2.36. The predicted octanol–water partition coefficient (Wildman–Crippen LogP) is 0.566. The first-order chi connectivity index (χ1) is 9.24. The van der Waals surface area contributed by atoms with E-state index in [-0.39, 0.29) is 18.2 Å². The lowest BCUT2D eigenvalue weighted by molar-refractivity contribution is -0.160. The summed E-state index contributed by atoms with van der Waals surface area (Å²) >= 11 is 0. The lowest BCUT2D eigenvalue weighted by Gasteiger charge is -2.44. The number of amides is 2. The molecule has 0 radical (unpaired) electrons. The summed E-state index contributed by atoms with van der Waals surface area (Å²) in [6.07, 6.45) is 1.79. The maximum atomic E-state index is 12.6. The molecule has 2 unspecified atom stereocenters. The number of likely N-dealkylation sites (tertiary alicyclic amines) is 2. The van der Waals surface area contributed by atoms with Gasteiger partial charge in [-0.1, -0.05) is 13.8 Å². The van der Waals surface area contributed by atoms with Gasteiger partial charge in [0.15, 0.2) is 0 Å². The zero-order valence-electron chi connectivity index (χ0n) is 12.3. The Balaban J connectivity index is 2.19. The molecule has 20 heavy (non-hydrogen) atoms. The number of rotatable bonds is 2. The van der Waals surface area contributed by atoms with E-state index in [0.717, 1.165) is 12.8 Å². The molecule has 2 heterocycles. The SMILES string of the molecule is CN1CC(C(=O)N2CCCC(C)(C)C2C(=O)O)CC1=O. The van der Waals surface area contributed by atoms with Crippen LogP contribution in [0.2, 0.25) is 0 Å². The smallest absolute Gasteiger partial charge is 0.326 e. The molecule has 1 N–H and O–H groups in total. The van der Waals surface area contributed by atoms with Crippen LogP contribution < -0.4 is 0 Å². The van der Waals surface area contributed by atoms with Gasteiger partial charge in [0.05, 0.1) is 5.92 Å². The summed E-state index contributed by atoms with van der Waals surface area (Å²) < 4.78 is 0. The number of carbonyl (C=O) groups is 3. The van der Waals surface area contributed by atoms with Crippen LogP contribution in [0.4, 0.5) is 0 Å². The number of hydrogen-bond donors (Lipinski definition) is 1. The van der Waals surface area contributed by atoms with E-state index in [2.05, 4.69) is 0 Å². The molecule has 2 rings (SSSR count). The largest absolute Gasteiger partial charge is 0.480 e. The molecule has 0 spiro atoms. The van der Waals surface area contributed by atoms with Crippen molar-refractivity contribution in [3.63, 3.8) is 0 Å². The van der Waals surface area contributed by atoms with E-state index in [0.29, 0.717) is 13.1 Å². The first-order valence-corrected chi connectivity index (χ1v) is 7.01. The molecular formula is C14H22N2O4. The van der Waals surface area contributed by atoms with E-state index in [4.69, 9.17) is 0 Å². The highest BCUT2D eigenvalue weighted by Gasteiger charge is 2.47. The van der Waals surface area contributed by atoms with Gasteiger partial charge >= 0.3 is 5.97 Å². The molecule has 0 aromatic heterocycles. The van der Waals surface area contributed by atoms with Gasteiger partial charge in [0.1, 0.15) is 6.04 Å². The van der Waals surface area contributed by atoms with Crippen molar-refractivity contribution >= 4 is 17.8 Å². The van der Waals surface area contributed by atoms with E-state index in [9.17, 15) is 19.5 Å². The van der Waals surface area contributed by atoms with Gasteiger partial charge in [0.25, 0.3) is 0 Å². The molecule has 0 aliphatic carbocycles. The van der Waals surface area contributed by atoms with Gasteiger partial charge in [-0.05, 0) is 18.3 Å². The zero-order valence-corrected chi connectivity index (χ0v) is 12.3. The van der Waals surface area contributed by atoms with Crippen LogP contribution in [0.15, 0.2) is 0 Å². The second-order valence-corrected chi connectivity index (χ2v) is 6.54. The van der Waals surface area contributed by atoms with Crippen molar-refractivity contribution < 1.29 is 19.5 Å². The van der Waals surface area contributed by atoms with Crippen LogP contribution in [0.5, 0.6) is 0 Å². The number of nitrogens with zero attached hydrogens (tertiary/aromatic N) is 2. The van der Waals surface area contributed by atoms with Gasteiger partial charge in [-0.3, -0.25) is 9.59 Å². The highest BCUT2D eigenvalue weighted by atomic mass is 16.4. The molecule has 2 amide bonds. The fourth-order valence-corrected chi connectivity index (χ4v) is 3.36. The van der Waals surface area contributed by atoms with Gasteiger partial charge in [-0.25, -0.2) is 4.79 Å². The second kappa shape index (κ2) is 5.07. The summed E-state index contributed by atoms with van der Waals surface area (Å²) in [7, 11) is 1.67. The van der Waals surface area contributed by atoms with E-state index >= 15 is 0 Å². The lowest BCUT2D eigenvalue weighted by atomic mass is 9.76. The molecule has 0 saturated carbocycles. The molecule has 0 bridgehead atoms. The third-order valence-corrected chi connectivity index (χ3v) is 4.48. The van der Waals surface area contributed by atoms with Crippen molar-refractivity contribution in [1.29, 1.82) is 0 Å². The Morgan fingerprint density at radius 1 is 1.35 bits per heavy atom. The number of aliphatic carboxylic acids is 1. The van der Waals surface area contributed by atoms with Crippen LogP contribution in [0.25, 0.3) is 0 Å². The van der Waals surface area contributed by atoms with Crippen LogP contribution in [0, 0.1) is 11.3 Å². The average molecular weight is 282 g/mol. The van der Waals surface area contributed by atoms with E-state index < -0.39 is 23.3 Å². The quantitative estimate of drug-likeness (QED) is 0.803. The Hall–Kier alpha value is -1.59. The summed E-state index contributed by atoms with van der Waals surface area (Å²) in [4.78, 5) is 38.7. The van der Waals surface area contributed by atoms with Crippen molar-refractivity contribution in [2.24, 2.45) is 11.3 Å². The Bertz CT molecular complexity index is 446. The van der Waals surface area contributed by atoms with Gasteiger partial charge in [-0.2, -0.15) is 0 Å². The third kappa shape index (κ3) is 2.51. The predicted molar refractivity (Wildman–Crippen MR) is 71.9 cm³/mol. The highest BCUT2D eigenvalue weighted by molar-refractivity contribution is 5.91. The van der Waals surface area contributed by atoms with Crippen molar-refractivity contribution in [3.8, 4) is 0 Å². The Kier molecular flexibility index (Phi) is 3.75. The van der Waals surface area contributed by atoms with Crippen molar-refractivity contribution in [3.05, 3.63) is 0 Å². The van der Waals surface area contributed by atoms with Gasteiger partial charge in [-0.15, -0.1) is 0 Å². The first kappa shape index (κ1) is 14.8. The Labute approximate surface area is 118 Å². The van der Waals surface area contributed by atoms with Crippen molar-refractivity contribution in [2.75, 3.05) is 20.1 Å². The number of carboxylic acids is 1. The Morgan fingerprint density at radius 3 is 2.50 bits per heavy atom. The van der Waals surface area contributed by atoms with Crippen molar-refractivity contribution in [2.45, 2.75) is 39.2 Å². The molecule has 2 aliphatic rings. The first-order valence-electron chi connectivity index (χ1n) is 7.01. The van der Waals surface area contributed by atoms with Crippen LogP contribution in [0.3, 0.4) is 0 Å². The fraction of sp³-hybridized carbons (Fsp3) is 0.786. The summed E-state index contributed by atoms with van der Waals surface area (Å²) in [6, 6.07) is -0.801. The number of carbonyl (C=O) groups excluding carboxylic acids is 2. The van der Waals surface area contributed by atoms with Gasteiger partial charge in [0.2, 0.25) is 11.8 Å². The van der Waals surface area contributed by atoms with Crippen LogP contribution in [0.1, 0.15) is 33.1 Å². The monoisotopic (exact) mass is 282 g/mol. The molecule has 2 saturated heterocycles. The molecule has 6 heteroatoms. The molecule has 112 valence electrons. The molecule has 2 fully saturated rings. The van der Waals surface area contributed by atoms with Crippen LogP contribution in [-0.4, -0.2) is 58.9 Å². The standard InChI is InChI=1S/C14H22N2O4/c1-14(2)5-4-6-16(11(14)13(19)20)12(18)9-7-10(17)15(3)8-9/h9,11H,4-8H2,1-3H3,(H,19,20). The summed E-state index contributed by atoms with van der Waals surface area (Å²) in [5.41, 5.74) is -0.436. The van der Waals surface area contributed by atoms with Crippen LogP contribution in [-0.2, 0) is 14.4 Å². The lowest BCUT2D eigenvalue weighted by Crippen LogP contribution is -2.57. The molecule has 2 atom stereocenters. The number of carboxylic acid groups (broad SMARTS) is 1. The minimum atomic E-state index is -0.958. The van der Waals surface area contributed by atoms with E-state index in [1.165, 1.54) is 9.80 Å². The maximum Gasteiger partial charge on any atom is 0.326 e. The number of hydrogen-bond acceptors (Lipinski definition) is 3. The Morgan fingerprint density at radius 2 is 2.00 bits per heavy atom. The molecular weight excluding hydrogens is 260 g/mol. The van der Waals surface area contributed by atoms with Gasteiger partial charge < -0.3 is 14.9 Å². The van der Waals surface area contributed by atoms with Gasteiger partial charge in [0, 0.05) is 26.6 Å². The van der Waals surface area contributed by atoms with E-state index in [1.807, 2.05) is 13.8 Å². The minimum Gasteiger partial charge on any atom is -0.480 e. The topological polar surface area (TPSA) is 77.9 Å². The summed E-state index contributed by atoms with van der Waals surface area (Å²) in [5.74, 6) is -1.60. The minimum absolute atomic E-state index is 0.0495. The second-order valence-electron chi connectivity index (χ2n) is 6.54.